The van der Waals surface area contributed by atoms with Gasteiger partial charge >= 0.3 is 17.9 Å². The minimum Gasteiger partial charge on any atom is -0.480 e. The molecule has 3 amide bonds. The standard InChI is InChI=1S/C23H41N7O9/c1-15(21(34)35)25-12-18(31)28-6-4-24-5-7-29(19(32)13-26-16(2)22(36)37)9-11-30(10-8-28)20(33)14-27-17(3)23(38)39/h15-17,24-27H,4-14H2,1-3H3,(H,34,35)(H,36,37)(H,38,39)/t15-,16-,17-/m0/s1. The summed E-state index contributed by atoms with van der Waals surface area (Å²) < 4.78 is 0. The Morgan fingerprint density at radius 3 is 1.08 bits per heavy atom. The number of amides is 3. The smallest absolute Gasteiger partial charge is 0.320 e. The van der Waals surface area contributed by atoms with Crippen LogP contribution in [0.5, 0.6) is 0 Å². The first-order valence-electron chi connectivity index (χ1n) is 12.8. The van der Waals surface area contributed by atoms with Crippen LogP contribution in [0.1, 0.15) is 20.8 Å². The number of nitrogens with zero attached hydrogens (tertiary/aromatic N) is 3. The van der Waals surface area contributed by atoms with E-state index in [-0.39, 0.29) is 70.7 Å². The van der Waals surface area contributed by atoms with Gasteiger partial charge in [0.25, 0.3) is 0 Å². The molecular formula is C23H41N7O9. The summed E-state index contributed by atoms with van der Waals surface area (Å²) in [6.07, 6.45) is 0. The van der Waals surface area contributed by atoms with E-state index in [4.69, 9.17) is 15.3 Å². The van der Waals surface area contributed by atoms with Gasteiger partial charge in [0.2, 0.25) is 17.7 Å². The predicted molar refractivity (Wildman–Crippen MR) is 138 cm³/mol. The van der Waals surface area contributed by atoms with Crippen LogP contribution in [0, 0.1) is 0 Å². The van der Waals surface area contributed by atoms with Gasteiger partial charge in [-0.2, -0.15) is 0 Å². The van der Waals surface area contributed by atoms with Crippen molar-refractivity contribution in [3.05, 3.63) is 0 Å². The van der Waals surface area contributed by atoms with Crippen LogP contribution in [0.25, 0.3) is 0 Å². The number of carbonyl (C=O) groups excluding carboxylic acids is 3. The van der Waals surface area contributed by atoms with Gasteiger partial charge in [-0.25, -0.2) is 0 Å². The molecule has 1 aliphatic rings. The number of carboxylic acids is 3. The van der Waals surface area contributed by atoms with Crippen LogP contribution in [-0.2, 0) is 28.8 Å². The molecule has 1 saturated heterocycles. The second-order valence-electron chi connectivity index (χ2n) is 9.21. The van der Waals surface area contributed by atoms with Crippen LogP contribution >= 0.6 is 0 Å². The highest BCUT2D eigenvalue weighted by Crippen LogP contribution is 2.00. The van der Waals surface area contributed by atoms with Gasteiger partial charge in [-0.15, -0.1) is 0 Å². The van der Waals surface area contributed by atoms with Gasteiger partial charge < -0.3 is 35.3 Å². The molecule has 1 aliphatic heterocycles. The third-order valence-electron chi connectivity index (χ3n) is 6.24. The van der Waals surface area contributed by atoms with E-state index in [9.17, 15) is 28.8 Å². The monoisotopic (exact) mass is 559 g/mol. The van der Waals surface area contributed by atoms with Crippen LogP contribution < -0.4 is 21.3 Å². The topological polar surface area (TPSA) is 221 Å². The van der Waals surface area contributed by atoms with Crippen molar-refractivity contribution < 1.29 is 44.1 Å². The van der Waals surface area contributed by atoms with Crippen LogP contribution in [0.3, 0.4) is 0 Å². The molecule has 0 aromatic rings. The van der Waals surface area contributed by atoms with Crippen molar-refractivity contribution in [2.24, 2.45) is 0 Å². The minimum absolute atomic E-state index is 0.0958. The molecule has 1 heterocycles. The van der Waals surface area contributed by atoms with Crippen molar-refractivity contribution in [2.45, 2.75) is 38.9 Å². The molecule has 0 aromatic heterocycles. The molecule has 0 saturated carbocycles. The summed E-state index contributed by atoms with van der Waals surface area (Å²) in [7, 11) is 0. The van der Waals surface area contributed by atoms with Gasteiger partial charge in [0, 0.05) is 52.4 Å². The normalized spacial score (nSPS) is 17.8. The summed E-state index contributed by atoms with van der Waals surface area (Å²) in [5.74, 6) is -4.42. The summed E-state index contributed by atoms with van der Waals surface area (Å²) in [5.41, 5.74) is 0. The van der Waals surface area contributed by atoms with Crippen molar-refractivity contribution in [1.29, 1.82) is 0 Å². The summed E-state index contributed by atoms with van der Waals surface area (Å²) in [6.45, 7) is 5.31. The van der Waals surface area contributed by atoms with E-state index < -0.39 is 41.9 Å². The fourth-order valence-electron chi connectivity index (χ4n) is 3.44. The second-order valence-corrected chi connectivity index (χ2v) is 9.21. The van der Waals surface area contributed by atoms with Crippen LogP contribution in [0.2, 0.25) is 0 Å². The summed E-state index contributed by atoms with van der Waals surface area (Å²) in [5, 5.41) is 38.2. The lowest BCUT2D eigenvalue weighted by Gasteiger charge is -2.32. The Morgan fingerprint density at radius 2 is 0.821 bits per heavy atom. The van der Waals surface area contributed by atoms with Gasteiger partial charge in [-0.05, 0) is 20.8 Å². The van der Waals surface area contributed by atoms with Gasteiger partial charge in [0.1, 0.15) is 18.1 Å². The molecule has 16 nitrogen and oxygen atoms in total. The molecule has 1 fully saturated rings. The fraction of sp³-hybridized carbons (Fsp3) is 0.739. The van der Waals surface area contributed by atoms with E-state index >= 15 is 0 Å². The number of carboxylic acid groups (broad SMARTS) is 3. The Labute approximate surface area is 227 Å². The maximum Gasteiger partial charge on any atom is 0.320 e. The van der Waals surface area contributed by atoms with Crippen LogP contribution in [-0.4, -0.2) is 156 Å². The molecule has 0 aliphatic carbocycles. The van der Waals surface area contributed by atoms with Gasteiger partial charge in [0.05, 0.1) is 19.6 Å². The largest absolute Gasteiger partial charge is 0.480 e. The zero-order chi connectivity index (χ0) is 29.5. The highest BCUT2D eigenvalue weighted by Gasteiger charge is 2.23. The average molecular weight is 560 g/mol. The molecule has 0 radical (unpaired) electrons. The van der Waals surface area contributed by atoms with E-state index in [0.29, 0.717) is 13.1 Å². The van der Waals surface area contributed by atoms with Crippen molar-refractivity contribution in [1.82, 2.24) is 36.0 Å². The SMILES string of the molecule is C[C@H](NCC(=O)N1CCNCCN(C(=O)CN[C@@H](C)C(=O)O)CCN(C(=O)CN[C@@H](C)C(=O)O)CC1)C(=O)O. The van der Waals surface area contributed by atoms with Crippen molar-refractivity contribution in [3.63, 3.8) is 0 Å². The highest BCUT2D eigenvalue weighted by molar-refractivity contribution is 5.82. The third kappa shape index (κ3) is 12.8. The van der Waals surface area contributed by atoms with Crippen LogP contribution in [0.4, 0.5) is 0 Å². The highest BCUT2D eigenvalue weighted by atomic mass is 16.4. The predicted octanol–water partition coefficient (Wildman–Crippen LogP) is -3.74. The number of hydrogen-bond acceptors (Lipinski definition) is 10. The number of nitrogens with one attached hydrogen (secondary N) is 4. The Morgan fingerprint density at radius 1 is 0.564 bits per heavy atom. The van der Waals surface area contributed by atoms with Crippen molar-refractivity contribution >= 4 is 35.6 Å². The first-order chi connectivity index (χ1) is 18.3. The summed E-state index contributed by atoms with van der Waals surface area (Å²) in [4.78, 5) is 76.2. The van der Waals surface area contributed by atoms with Crippen molar-refractivity contribution in [2.75, 3.05) is 72.0 Å². The lowest BCUT2D eigenvalue weighted by Crippen LogP contribution is -2.53. The molecule has 0 spiro atoms. The quantitative estimate of drug-likeness (QED) is 0.122. The second kappa shape index (κ2) is 17.3. The van der Waals surface area contributed by atoms with Gasteiger partial charge in [-0.3, -0.25) is 44.7 Å². The average Bonchev–Trinajstić information content (AvgIpc) is 2.88. The van der Waals surface area contributed by atoms with E-state index in [1.807, 2.05) is 0 Å². The van der Waals surface area contributed by atoms with Gasteiger partial charge in [0.15, 0.2) is 0 Å². The maximum absolute atomic E-state index is 13.0. The molecule has 0 aromatic carbocycles. The zero-order valence-electron chi connectivity index (χ0n) is 22.6. The number of rotatable bonds is 12. The first kappa shape index (κ1) is 33.7. The molecule has 3 atom stereocenters. The van der Waals surface area contributed by atoms with E-state index in [2.05, 4.69) is 21.3 Å². The molecule has 222 valence electrons. The summed E-state index contributed by atoms with van der Waals surface area (Å²) >= 11 is 0. The molecular weight excluding hydrogens is 518 g/mol. The molecule has 0 unspecified atom stereocenters. The Bertz CT molecular complexity index is 823. The van der Waals surface area contributed by atoms with E-state index in [1.54, 1.807) is 0 Å². The van der Waals surface area contributed by atoms with E-state index in [1.165, 1.54) is 35.5 Å². The third-order valence-corrected chi connectivity index (χ3v) is 6.24. The first-order valence-corrected chi connectivity index (χ1v) is 12.8. The zero-order valence-corrected chi connectivity index (χ0v) is 22.6. The number of carbonyl (C=O) groups is 6. The molecule has 16 heteroatoms. The molecule has 7 N–H and O–H groups in total. The lowest BCUT2D eigenvalue weighted by atomic mass is 10.3. The van der Waals surface area contributed by atoms with E-state index in [0.717, 1.165) is 0 Å². The Kier molecular flexibility index (Phi) is 14.9. The van der Waals surface area contributed by atoms with Crippen LogP contribution in [0.15, 0.2) is 0 Å². The number of hydrogen-bond donors (Lipinski definition) is 7. The summed E-state index contributed by atoms with van der Waals surface area (Å²) in [6, 6.07) is -2.80. The Hall–Kier alpha value is -3.34. The maximum atomic E-state index is 13.0. The lowest BCUT2D eigenvalue weighted by molar-refractivity contribution is -0.141. The Balaban J connectivity index is 2.96. The minimum atomic E-state index is -1.12. The number of aliphatic carboxylic acids is 3. The fourth-order valence-corrected chi connectivity index (χ4v) is 3.44. The molecule has 39 heavy (non-hydrogen) atoms. The van der Waals surface area contributed by atoms with Crippen molar-refractivity contribution in [3.8, 4) is 0 Å². The van der Waals surface area contributed by atoms with Gasteiger partial charge in [-0.1, -0.05) is 0 Å². The molecule has 1 rings (SSSR count). The molecule has 0 bridgehead atoms.